The molecule has 43 heavy (non-hydrogen) atoms. The number of thiophene rings is 1. The van der Waals surface area contributed by atoms with E-state index in [0.717, 1.165) is 27.4 Å². The summed E-state index contributed by atoms with van der Waals surface area (Å²) in [5.41, 5.74) is 6.39. The molecule has 9 rings (SSSR count). The molecule has 5 aromatic carbocycles. The highest BCUT2D eigenvalue weighted by atomic mass is 35.5. The van der Waals surface area contributed by atoms with Gasteiger partial charge in [0.25, 0.3) is 0 Å². The summed E-state index contributed by atoms with van der Waals surface area (Å²) in [6.07, 6.45) is 5.93. The van der Waals surface area contributed by atoms with Crippen LogP contribution in [0.1, 0.15) is 11.1 Å². The Hall–Kier alpha value is -4.97. The molecular formula is C37H22ClN3OS. The van der Waals surface area contributed by atoms with Crippen molar-refractivity contribution in [2.24, 2.45) is 0 Å². The molecule has 0 fully saturated rings. The number of para-hydroxylation sites is 2. The van der Waals surface area contributed by atoms with Crippen LogP contribution in [0.2, 0.25) is 5.15 Å². The average molecular weight is 592 g/mol. The van der Waals surface area contributed by atoms with Gasteiger partial charge in [-0.05, 0) is 53.1 Å². The Balaban J connectivity index is 1.52. The second-order valence-corrected chi connectivity index (χ2v) is 12.2. The summed E-state index contributed by atoms with van der Waals surface area (Å²) in [7, 11) is 0. The standard InChI is InChI=1S/C37H22ClN3OS/c1-3-4-11-21-18-19-28-29(20(21)2)31-23-13-6-5-12-22(23)30-24-14-7-9-16-26(24)41(33(30)34(31)43-28)36-35(38)39-32-25-15-8-10-17-27(25)42-37(32)40-36/h3-19H,1H2,2H3/b11-4-. The third kappa shape index (κ3) is 3.32. The third-order valence-electron chi connectivity index (χ3n) is 8.49. The van der Waals surface area contributed by atoms with Crippen molar-refractivity contribution >= 4 is 104 Å². The Bertz CT molecular complexity index is 2670. The largest absolute Gasteiger partial charge is 0.436 e. The fourth-order valence-corrected chi connectivity index (χ4v) is 8.18. The molecule has 0 bridgehead atoms. The van der Waals surface area contributed by atoms with Gasteiger partial charge in [-0.3, -0.25) is 4.57 Å². The van der Waals surface area contributed by atoms with Gasteiger partial charge >= 0.3 is 0 Å². The predicted molar refractivity (Wildman–Crippen MR) is 183 cm³/mol. The van der Waals surface area contributed by atoms with Crippen molar-refractivity contribution in [3.05, 3.63) is 120 Å². The SMILES string of the molecule is C=C/C=C\c1ccc2sc3c(c4ccccc4c4c5ccccc5n(-c5nc6oc7ccccc7c6nc5Cl)c34)c2c1C. The number of rotatable bonds is 3. The summed E-state index contributed by atoms with van der Waals surface area (Å²) >= 11 is 8.86. The van der Waals surface area contributed by atoms with Crippen molar-refractivity contribution in [2.45, 2.75) is 6.92 Å². The van der Waals surface area contributed by atoms with E-state index in [0.29, 0.717) is 22.2 Å². The Morgan fingerprint density at radius 1 is 0.814 bits per heavy atom. The van der Waals surface area contributed by atoms with Gasteiger partial charge in [0.05, 0.1) is 15.7 Å². The number of hydrogen-bond donors (Lipinski definition) is 0. The first-order chi connectivity index (χ1) is 21.1. The number of furan rings is 1. The molecule has 0 aliphatic carbocycles. The van der Waals surface area contributed by atoms with Crippen molar-refractivity contribution in [3.8, 4) is 5.82 Å². The van der Waals surface area contributed by atoms with Gasteiger partial charge in [-0.25, -0.2) is 4.98 Å². The van der Waals surface area contributed by atoms with Crippen LogP contribution in [-0.2, 0) is 0 Å². The second kappa shape index (κ2) is 9.01. The van der Waals surface area contributed by atoms with Gasteiger partial charge in [-0.1, -0.05) is 97.1 Å². The van der Waals surface area contributed by atoms with E-state index in [-0.39, 0.29) is 0 Å². The van der Waals surface area contributed by atoms with Crippen molar-refractivity contribution in [3.63, 3.8) is 0 Å². The van der Waals surface area contributed by atoms with Gasteiger partial charge < -0.3 is 4.42 Å². The summed E-state index contributed by atoms with van der Waals surface area (Å²) in [6, 6.07) is 29.5. The van der Waals surface area contributed by atoms with Crippen LogP contribution in [0.3, 0.4) is 0 Å². The van der Waals surface area contributed by atoms with E-state index in [1.807, 2.05) is 47.8 Å². The van der Waals surface area contributed by atoms with Crippen LogP contribution < -0.4 is 0 Å². The van der Waals surface area contributed by atoms with Crippen LogP contribution in [0.15, 0.2) is 108 Å². The van der Waals surface area contributed by atoms with Crippen LogP contribution >= 0.6 is 22.9 Å². The summed E-state index contributed by atoms with van der Waals surface area (Å²) in [6.45, 7) is 6.08. The molecule has 0 aliphatic rings. The number of benzene rings is 5. The van der Waals surface area contributed by atoms with Gasteiger partial charge in [0.2, 0.25) is 5.71 Å². The van der Waals surface area contributed by atoms with Crippen molar-refractivity contribution in [2.75, 3.05) is 0 Å². The number of halogens is 1. The zero-order chi connectivity index (χ0) is 28.8. The monoisotopic (exact) mass is 591 g/mol. The third-order valence-corrected chi connectivity index (χ3v) is 9.91. The zero-order valence-electron chi connectivity index (χ0n) is 23.1. The van der Waals surface area contributed by atoms with Gasteiger partial charge in [0, 0.05) is 31.6 Å². The van der Waals surface area contributed by atoms with E-state index in [4.69, 9.17) is 26.0 Å². The Morgan fingerprint density at radius 2 is 1.53 bits per heavy atom. The molecule has 4 nitrogen and oxygen atoms in total. The van der Waals surface area contributed by atoms with Crippen molar-refractivity contribution in [1.29, 1.82) is 0 Å². The first-order valence-electron chi connectivity index (χ1n) is 14.1. The van der Waals surface area contributed by atoms with Gasteiger partial charge in [0.1, 0.15) is 11.1 Å². The molecule has 0 spiro atoms. The molecule has 0 N–H and O–H groups in total. The van der Waals surface area contributed by atoms with E-state index in [9.17, 15) is 0 Å². The zero-order valence-corrected chi connectivity index (χ0v) is 24.6. The minimum absolute atomic E-state index is 0.331. The highest BCUT2D eigenvalue weighted by molar-refractivity contribution is 7.27. The van der Waals surface area contributed by atoms with Gasteiger partial charge in [0.15, 0.2) is 11.0 Å². The molecule has 0 unspecified atom stereocenters. The summed E-state index contributed by atoms with van der Waals surface area (Å²) < 4.78 is 10.8. The molecule has 4 heterocycles. The number of allylic oxidation sites excluding steroid dienone is 2. The highest BCUT2D eigenvalue weighted by Gasteiger charge is 2.25. The number of aromatic nitrogens is 3. The molecule has 0 radical (unpaired) electrons. The maximum absolute atomic E-state index is 7.05. The lowest BCUT2D eigenvalue weighted by Crippen LogP contribution is -2.00. The number of fused-ring (bicyclic) bond motifs is 13. The first-order valence-corrected chi connectivity index (χ1v) is 15.3. The van der Waals surface area contributed by atoms with Crippen molar-refractivity contribution < 1.29 is 4.42 Å². The molecule has 204 valence electrons. The van der Waals surface area contributed by atoms with Crippen LogP contribution in [0.25, 0.3) is 86.8 Å². The van der Waals surface area contributed by atoms with E-state index >= 15 is 0 Å². The highest BCUT2D eigenvalue weighted by Crippen LogP contribution is 2.49. The van der Waals surface area contributed by atoms with E-state index < -0.39 is 0 Å². The molecule has 6 heteroatoms. The average Bonchev–Trinajstić information content (AvgIpc) is 3.70. The molecule has 0 saturated carbocycles. The maximum atomic E-state index is 7.05. The Morgan fingerprint density at radius 3 is 2.35 bits per heavy atom. The molecule has 0 saturated heterocycles. The predicted octanol–water partition coefficient (Wildman–Crippen LogP) is 11.2. The fraction of sp³-hybridized carbons (Fsp3) is 0.0270. The van der Waals surface area contributed by atoms with Crippen LogP contribution in [0.5, 0.6) is 0 Å². The fourth-order valence-electron chi connectivity index (χ4n) is 6.65. The molecule has 4 aromatic heterocycles. The number of hydrogen-bond acceptors (Lipinski definition) is 4. The quantitative estimate of drug-likeness (QED) is 0.192. The van der Waals surface area contributed by atoms with E-state index in [2.05, 4.69) is 84.8 Å². The summed E-state index contributed by atoms with van der Waals surface area (Å²) in [5.74, 6) is 0.555. The number of nitrogens with zero attached hydrogens (tertiary/aromatic N) is 3. The molecule has 0 aliphatic heterocycles. The van der Waals surface area contributed by atoms with Crippen LogP contribution in [-0.4, -0.2) is 14.5 Å². The normalized spacial score (nSPS) is 12.4. The number of aryl methyl sites for hydroxylation is 1. The van der Waals surface area contributed by atoms with Gasteiger partial charge in [-0.2, -0.15) is 4.98 Å². The van der Waals surface area contributed by atoms with Crippen molar-refractivity contribution in [1.82, 2.24) is 14.5 Å². The molecule has 0 amide bonds. The minimum atomic E-state index is 0.331. The lowest BCUT2D eigenvalue weighted by Gasteiger charge is -2.11. The topological polar surface area (TPSA) is 43.9 Å². The summed E-state index contributed by atoms with van der Waals surface area (Å²) in [4.78, 5) is 9.90. The molecular weight excluding hydrogens is 570 g/mol. The van der Waals surface area contributed by atoms with Crippen LogP contribution in [0.4, 0.5) is 0 Å². The Labute approximate surface area is 254 Å². The smallest absolute Gasteiger partial charge is 0.248 e. The lowest BCUT2D eigenvalue weighted by atomic mass is 9.95. The maximum Gasteiger partial charge on any atom is 0.248 e. The summed E-state index contributed by atoms with van der Waals surface area (Å²) in [5, 5.41) is 8.49. The minimum Gasteiger partial charge on any atom is -0.436 e. The van der Waals surface area contributed by atoms with E-state index in [1.54, 1.807) is 0 Å². The first kappa shape index (κ1) is 24.6. The van der Waals surface area contributed by atoms with E-state index in [1.165, 1.54) is 47.5 Å². The Kier molecular flexibility index (Phi) is 5.16. The van der Waals surface area contributed by atoms with Gasteiger partial charge in [-0.15, -0.1) is 11.3 Å². The molecule has 9 aromatic rings. The second-order valence-electron chi connectivity index (χ2n) is 10.8. The van der Waals surface area contributed by atoms with Crippen LogP contribution in [0, 0.1) is 6.92 Å². The lowest BCUT2D eigenvalue weighted by molar-refractivity contribution is 0.651. The molecule has 0 atom stereocenters.